The van der Waals surface area contributed by atoms with Gasteiger partial charge in [-0.05, 0) is 100 Å². The van der Waals surface area contributed by atoms with Crippen LogP contribution in [-0.2, 0) is 20.0 Å². The maximum Gasteiger partial charge on any atom is 0.264 e. The summed E-state index contributed by atoms with van der Waals surface area (Å²) in [5.74, 6) is -0.902. The molecular formula is C30H28N6O8S2. The normalized spacial score (nSPS) is 11.6. The van der Waals surface area contributed by atoms with Gasteiger partial charge in [-0.3, -0.25) is 9.59 Å². The molecule has 0 unspecified atom stereocenters. The molecule has 0 aliphatic carbocycles. The highest BCUT2D eigenvalue weighted by Crippen LogP contribution is 2.24. The molecule has 0 saturated heterocycles. The number of aryl methyl sites for hydroxylation is 2. The summed E-state index contributed by atoms with van der Waals surface area (Å²) in [6.07, 6.45) is 0. The molecule has 0 aliphatic heterocycles. The van der Waals surface area contributed by atoms with Gasteiger partial charge >= 0.3 is 0 Å². The van der Waals surface area contributed by atoms with Crippen LogP contribution in [0.5, 0.6) is 0 Å². The van der Waals surface area contributed by atoms with E-state index in [1.54, 1.807) is 27.7 Å². The zero-order valence-electron chi connectivity index (χ0n) is 24.9. The monoisotopic (exact) mass is 664 g/mol. The van der Waals surface area contributed by atoms with Crippen LogP contribution in [0.3, 0.4) is 0 Å². The van der Waals surface area contributed by atoms with Crippen LogP contribution in [0.4, 0.5) is 23.1 Å². The van der Waals surface area contributed by atoms with Gasteiger partial charge in [-0.25, -0.2) is 26.3 Å². The van der Waals surface area contributed by atoms with Crippen LogP contribution in [0.1, 0.15) is 43.2 Å². The molecule has 5 rings (SSSR count). The van der Waals surface area contributed by atoms with E-state index in [2.05, 4.69) is 30.4 Å². The molecule has 2 aromatic heterocycles. The lowest BCUT2D eigenvalue weighted by molar-refractivity contribution is 0.101. The number of carbonyl (C=O) groups is 2. The Morgan fingerprint density at radius 3 is 1.15 bits per heavy atom. The summed E-state index contributed by atoms with van der Waals surface area (Å²) in [6, 6.07) is 16.9. The second kappa shape index (κ2) is 12.5. The summed E-state index contributed by atoms with van der Waals surface area (Å²) in [7, 11) is -7.89. The van der Waals surface area contributed by atoms with Gasteiger partial charge in [0.15, 0.2) is 0 Å². The van der Waals surface area contributed by atoms with Crippen LogP contribution in [0, 0.1) is 27.7 Å². The largest absolute Gasteiger partial charge is 0.337 e. The number of rotatable bonds is 10. The predicted molar refractivity (Wildman–Crippen MR) is 169 cm³/mol. The highest BCUT2D eigenvalue weighted by Gasteiger charge is 2.21. The molecule has 46 heavy (non-hydrogen) atoms. The standard InChI is InChI=1S/C30H28N6O8S2/c1-17-19(3)33-43-29(17)35-45(39,40)25-13-9-23(10-14-25)31-27(37)21-5-7-22(8-6-21)28(38)32-24-11-15-26(16-12-24)46(41,42)36-30-18(2)20(4)34-44-30/h5-16,35-36H,1-4H3,(H,31,37)(H,32,38). The predicted octanol–water partition coefficient (Wildman–Crippen LogP) is 5.00. The van der Waals surface area contributed by atoms with Crippen molar-refractivity contribution in [1.29, 1.82) is 0 Å². The summed E-state index contributed by atoms with van der Waals surface area (Å²) >= 11 is 0. The zero-order chi connectivity index (χ0) is 33.2. The van der Waals surface area contributed by atoms with E-state index in [0.29, 0.717) is 33.9 Å². The number of nitrogens with one attached hydrogen (secondary N) is 4. The second-order valence-electron chi connectivity index (χ2n) is 10.2. The Bertz CT molecular complexity index is 1980. The smallest absolute Gasteiger partial charge is 0.264 e. The minimum absolute atomic E-state index is 0.0261. The van der Waals surface area contributed by atoms with Gasteiger partial charge in [-0.1, -0.05) is 10.3 Å². The van der Waals surface area contributed by atoms with E-state index in [-0.39, 0.29) is 32.7 Å². The van der Waals surface area contributed by atoms with Crippen molar-refractivity contribution in [2.75, 3.05) is 20.1 Å². The van der Waals surface area contributed by atoms with E-state index < -0.39 is 31.9 Å². The minimum Gasteiger partial charge on any atom is -0.337 e. The maximum atomic E-state index is 12.8. The number of aromatic nitrogens is 2. The van der Waals surface area contributed by atoms with Gasteiger partial charge in [0.25, 0.3) is 31.9 Å². The fraction of sp³-hybridized carbons (Fsp3) is 0.133. The number of hydrogen-bond acceptors (Lipinski definition) is 10. The second-order valence-corrected chi connectivity index (χ2v) is 13.6. The van der Waals surface area contributed by atoms with Crippen LogP contribution in [0.2, 0.25) is 0 Å². The van der Waals surface area contributed by atoms with Gasteiger partial charge in [-0.2, -0.15) is 0 Å². The van der Waals surface area contributed by atoms with E-state index in [1.807, 2.05) is 0 Å². The highest BCUT2D eigenvalue weighted by molar-refractivity contribution is 7.93. The van der Waals surface area contributed by atoms with Crippen molar-refractivity contribution in [3.8, 4) is 0 Å². The Hall–Kier alpha value is -5.48. The zero-order valence-corrected chi connectivity index (χ0v) is 26.5. The average molecular weight is 665 g/mol. The molecule has 0 spiro atoms. The average Bonchev–Trinajstić information content (AvgIpc) is 3.51. The van der Waals surface area contributed by atoms with Crippen molar-refractivity contribution >= 4 is 55.0 Å². The number of amides is 2. The van der Waals surface area contributed by atoms with Crippen LogP contribution in [0.15, 0.2) is 91.6 Å². The molecule has 4 N–H and O–H groups in total. The molecule has 0 radical (unpaired) electrons. The topological polar surface area (TPSA) is 203 Å². The number of anilines is 4. The van der Waals surface area contributed by atoms with Crippen molar-refractivity contribution in [2.45, 2.75) is 37.5 Å². The van der Waals surface area contributed by atoms with E-state index in [0.717, 1.165) is 0 Å². The van der Waals surface area contributed by atoms with Crippen molar-refractivity contribution in [2.24, 2.45) is 0 Å². The molecule has 5 aromatic rings. The van der Waals surface area contributed by atoms with Gasteiger partial charge < -0.3 is 19.7 Å². The number of nitrogens with zero attached hydrogens (tertiary/aromatic N) is 2. The van der Waals surface area contributed by atoms with Gasteiger partial charge in [0.1, 0.15) is 0 Å². The summed E-state index contributed by atoms with van der Waals surface area (Å²) in [5.41, 5.74) is 3.48. The quantitative estimate of drug-likeness (QED) is 0.157. The summed E-state index contributed by atoms with van der Waals surface area (Å²) in [6.45, 7) is 6.74. The molecule has 2 amide bonds. The Morgan fingerprint density at radius 1 is 0.543 bits per heavy atom. The third-order valence-corrected chi connectivity index (χ3v) is 9.72. The first-order chi connectivity index (χ1) is 21.7. The van der Waals surface area contributed by atoms with Crippen LogP contribution in [-0.4, -0.2) is 39.0 Å². The van der Waals surface area contributed by atoms with Crippen molar-refractivity contribution in [3.63, 3.8) is 0 Å². The first kappa shape index (κ1) is 31.9. The van der Waals surface area contributed by atoms with Crippen LogP contribution in [0.25, 0.3) is 0 Å². The third-order valence-electron chi connectivity index (χ3n) is 7.02. The van der Waals surface area contributed by atoms with E-state index >= 15 is 0 Å². The van der Waals surface area contributed by atoms with Gasteiger partial charge in [0.2, 0.25) is 11.8 Å². The molecule has 3 aromatic carbocycles. The molecule has 0 fully saturated rings. The molecule has 16 heteroatoms. The Morgan fingerprint density at radius 2 is 0.870 bits per heavy atom. The molecule has 0 aliphatic rings. The fourth-order valence-corrected chi connectivity index (χ4v) is 6.09. The Labute approximate surface area is 264 Å². The maximum absolute atomic E-state index is 12.8. The third kappa shape index (κ3) is 6.92. The van der Waals surface area contributed by atoms with Crippen molar-refractivity contribution in [3.05, 3.63) is 106 Å². The molecule has 0 atom stereocenters. The summed E-state index contributed by atoms with van der Waals surface area (Å²) in [4.78, 5) is 25.5. The van der Waals surface area contributed by atoms with E-state index in [9.17, 15) is 26.4 Å². The first-order valence-electron chi connectivity index (χ1n) is 13.6. The Balaban J connectivity index is 1.17. The van der Waals surface area contributed by atoms with Gasteiger partial charge in [0.05, 0.1) is 21.2 Å². The minimum atomic E-state index is -3.95. The van der Waals surface area contributed by atoms with Crippen LogP contribution < -0.4 is 20.1 Å². The van der Waals surface area contributed by atoms with E-state index in [4.69, 9.17) is 9.05 Å². The number of sulfonamides is 2. The number of carbonyl (C=O) groups excluding carboxylic acids is 2. The molecule has 238 valence electrons. The van der Waals surface area contributed by atoms with Crippen molar-refractivity contribution < 1.29 is 35.5 Å². The first-order valence-corrected chi connectivity index (χ1v) is 16.5. The fourth-order valence-electron chi connectivity index (χ4n) is 4.00. The van der Waals surface area contributed by atoms with Gasteiger partial charge in [0, 0.05) is 33.6 Å². The SMILES string of the molecule is Cc1noc(NS(=O)(=O)c2ccc(NC(=O)c3ccc(C(=O)Nc4ccc(S(=O)(=O)Nc5onc(C)c5C)cc4)cc3)cc2)c1C. The molecule has 0 bridgehead atoms. The van der Waals surface area contributed by atoms with Gasteiger partial charge in [-0.15, -0.1) is 0 Å². The highest BCUT2D eigenvalue weighted by atomic mass is 32.2. The van der Waals surface area contributed by atoms with Crippen molar-refractivity contribution in [1.82, 2.24) is 10.3 Å². The van der Waals surface area contributed by atoms with E-state index in [1.165, 1.54) is 72.8 Å². The lowest BCUT2D eigenvalue weighted by Crippen LogP contribution is -2.15. The Kier molecular flexibility index (Phi) is 8.67. The molecular weight excluding hydrogens is 636 g/mol. The number of hydrogen-bond donors (Lipinski definition) is 4. The molecule has 2 heterocycles. The molecule has 0 saturated carbocycles. The van der Waals surface area contributed by atoms with Crippen LogP contribution >= 0.6 is 0 Å². The lowest BCUT2D eigenvalue weighted by Gasteiger charge is -2.10. The summed E-state index contributed by atoms with van der Waals surface area (Å²) in [5, 5.41) is 12.8. The lowest BCUT2D eigenvalue weighted by atomic mass is 10.1. The summed E-state index contributed by atoms with van der Waals surface area (Å²) < 4.78 is 65.5. The number of benzene rings is 3. The molecule has 14 nitrogen and oxygen atoms in total.